The van der Waals surface area contributed by atoms with E-state index >= 15 is 0 Å². The molecule has 1 aromatic heterocycles. The van der Waals surface area contributed by atoms with Gasteiger partial charge in [0.2, 0.25) is 5.91 Å². The molecule has 9 heteroatoms. The molecule has 1 saturated heterocycles. The minimum atomic E-state index is -0.618. The number of nitrogens with one attached hydrogen (secondary N) is 3. The molecular formula is C34H40N6O3. The van der Waals surface area contributed by atoms with Crippen molar-refractivity contribution in [3.05, 3.63) is 83.4 Å². The number of carbonyl (C=O) groups excluding carboxylic acids is 2. The number of amides is 2. The van der Waals surface area contributed by atoms with Gasteiger partial charge in [0, 0.05) is 42.9 Å². The van der Waals surface area contributed by atoms with Gasteiger partial charge in [0.25, 0.3) is 0 Å². The number of ether oxygens (including phenoxy) is 1. The lowest BCUT2D eigenvalue weighted by Gasteiger charge is -2.26. The average molecular weight is 581 g/mol. The van der Waals surface area contributed by atoms with Crippen LogP contribution in [0.4, 0.5) is 4.79 Å². The fourth-order valence-electron chi connectivity index (χ4n) is 4.78. The number of aromatic nitrogens is 2. The third-order valence-electron chi connectivity index (χ3n) is 6.94. The molecule has 3 N–H and O–H groups in total. The Morgan fingerprint density at radius 3 is 2.40 bits per heavy atom. The van der Waals surface area contributed by atoms with Gasteiger partial charge >= 0.3 is 6.09 Å². The zero-order chi connectivity index (χ0) is 30.8. The third-order valence-corrected chi connectivity index (χ3v) is 6.94. The van der Waals surface area contributed by atoms with Gasteiger partial charge in [0.05, 0.1) is 17.6 Å². The van der Waals surface area contributed by atoms with Crippen LogP contribution in [0.1, 0.15) is 63.1 Å². The van der Waals surface area contributed by atoms with Crippen LogP contribution in [0.5, 0.6) is 0 Å². The monoisotopic (exact) mass is 580 g/mol. The number of nitrogens with zero attached hydrogens (tertiary/aromatic N) is 3. The van der Waals surface area contributed by atoms with Gasteiger partial charge in [-0.3, -0.25) is 9.79 Å². The van der Waals surface area contributed by atoms with Gasteiger partial charge in [-0.2, -0.15) is 0 Å². The van der Waals surface area contributed by atoms with Gasteiger partial charge in [0.15, 0.2) is 0 Å². The van der Waals surface area contributed by atoms with Crippen molar-refractivity contribution in [3.8, 4) is 23.1 Å². The second-order valence-corrected chi connectivity index (χ2v) is 11.3. The largest absolute Gasteiger partial charge is 0.444 e. The number of hydrogen-bond donors (Lipinski definition) is 3. The average Bonchev–Trinajstić information content (AvgIpc) is 3.67. The lowest BCUT2D eigenvalue weighted by molar-refractivity contribution is -0.130. The summed E-state index contributed by atoms with van der Waals surface area (Å²) in [5, 5.41) is 6.00. The molecule has 1 fully saturated rings. The van der Waals surface area contributed by atoms with E-state index in [4.69, 9.17) is 4.74 Å². The molecule has 3 aromatic rings. The molecule has 43 heavy (non-hydrogen) atoms. The Morgan fingerprint density at radius 2 is 1.79 bits per heavy atom. The van der Waals surface area contributed by atoms with E-state index in [9.17, 15) is 9.59 Å². The fraction of sp³-hybridized carbons (Fsp3) is 0.353. The predicted octanol–water partition coefficient (Wildman–Crippen LogP) is 5.14. The number of alkyl carbamates (subject to hydrolysis) is 1. The molecule has 2 amide bonds. The molecule has 1 aliphatic rings. The van der Waals surface area contributed by atoms with Crippen LogP contribution in [-0.4, -0.2) is 64.9 Å². The second kappa shape index (κ2) is 14.4. The Balaban J connectivity index is 1.33. The Kier molecular flexibility index (Phi) is 10.4. The van der Waals surface area contributed by atoms with E-state index in [1.54, 1.807) is 27.0 Å². The maximum atomic E-state index is 12.8. The minimum Gasteiger partial charge on any atom is -0.444 e. The molecule has 2 aromatic carbocycles. The summed E-state index contributed by atoms with van der Waals surface area (Å²) in [4.78, 5) is 38.3. The van der Waals surface area contributed by atoms with E-state index in [2.05, 4.69) is 51.1 Å². The minimum absolute atomic E-state index is 0.000331. The van der Waals surface area contributed by atoms with Crippen LogP contribution in [0.25, 0.3) is 17.0 Å². The Hall–Kier alpha value is -4.84. The number of aromatic amines is 1. The zero-order valence-corrected chi connectivity index (χ0v) is 25.4. The van der Waals surface area contributed by atoms with Crippen LogP contribution in [0.2, 0.25) is 0 Å². The standard InChI is InChI=1S/C34H40N6O3/c1-6-31-37-22-30(39-31)27-17-13-25(14-18-27)10-9-24-11-15-26(16-12-24)29(21-35-5)36-20-28-8-7-19-40(28)32(41)23-38-33(42)43-34(2,3)4/h11-18,21-22,28,36H,5-8,19-20,23H2,1-4H3,(H,37,39)(H,38,42)/b29-21-. The molecule has 0 saturated carbocycles. The van der Waals surface area contributed by atoms with Crippen molar-refractivity contribution in [2.24, 2.45) is 4.99 Å². The van der Waals surface area contributed by atoms with Crippen LogP contribution in [-0.2, 0) is 16.0 Å². The van der Waals surface area contributed by atoms with Gasteiger partial charge < -0.3 is 25.3 Å². The highest BCUT2D eigenvalue weighted by molar-refractivity contribution is 5.82. The van der Waals surface area contributed by atoms with Crippen LogP contribution < -0.4 is 10.6 Å². The number of aryl methyl sites for hydroxylation is 1. The number of carbonyl (C=O) groups is 2. The van der Waals surface area contributed by atoms with E-state index in [1.807, 2.05) is 59.6 Å². The van der Waals surface area contributed by atoms with E-state index < -0.39 is 11.7 Å². The first-order valence-corrected chi connectivity index (χ1v) is 14.6. The van der Waals surface area contributed by atoms with Crippen molar-refractivity contribution >= 4 is 24.4 Å². The number of rotatable bonds is 9. The molecule has 224 valence electrons. The van der Waals surface area contributed by atoms with Crippen molar-refractivity contribution in [2.75, 3.05) is 19.6 Å². The number of hydrogen-bond acceptors (Lipinski definition) is 6. The van der Waals surface area contributed by atoms with Gasteiger partial charge in [0.1, 0.15) is 18.0 Å². The molecule has 2 heterocycles. The van der Waals surface area contributed by atoms with E-state index in [0.29, 0.717) is 13.1 Å². The Bertz CT molecular complexity index is 1500. The first-order chi connectivity index (χ1) is 20.6. The molecule has 0 bridgehead atoms. The summed E-state index contributed by atoms with van der Waals surface area (Å²) in [5.41, 5.74) is 5.03. The van der Waals surface area contributed by atoms with Crippen LogP contribution in [0, 0.1) is 11.8 Å². The smallest absolute Gasteiger partial charge is 0.408 e. The van der Waals surface area contributed by atoms with Gasteiger partial charge in [-0.15, -0.1) is 0 Å². The van der Waals surface area contributed by atoms with Crippen LogP contribution >= 0.6 is 0 Å². The summed E-state index contributed by atoms with van der Waals surface area (Å²) in [7, 11) is 0. The van der Waals surface area contributed by atoms with E-state index in [1.165, 1.54) is 0 Å². The molecule has 4 rings (SSSR count). The summed E-state index contributed by atoms with van der Waals surface area (Å²) in [6.45, 7) is 12.1. The first kappa shape index (κ1) is 31.1. The summed E-state index contributed by atoms with van der Waals surface area (Å²) in [5.74, 6) is 7.30. The van der Waals surface area contributed by atoms with Crippen molar-refractivity contribution in [2.45, 2.75) is 58.6 Å². The maximum Gasteiger partial charge on any atom is 0.408 e. The summed E-state index contributed by atoms with van der Waals surface area (Å²) < 4.78 is 5.23. The number of aliphatic imine (C=N–C) groups is 1. The number of H-pyrrole nitrogens is 1. The van der Waals surface area contributed by atoms with Gasteiger partial charge in [-0.25, -0.2) is 9.78 Å². The molecule has 1 atom stereocenters. The van der Waals surface area contributed by atoms with Gasteiger partial charge in [-0.1, -0.05) is 43.0 Å². The highest BCUT2D eigenvalue weighted by Gasteiger charge is 2.29. The third kappa shape index (κ3) is 9.07. The number of benzene rings is 2. The number of imidazole rings is 1. The predicted molar refractivity (Wildman–Crippen MR) is 170 cm³/mol. The van der Waals surface area contributed by atoms with Crippen molar-refractivity contribution in [1.82, 2.24) is 25.5 Å². The summed E-state index contributed by atoms with van der Waals surface area (Å²) in [6.07, 6.45) is 5.59. The van der Waals surface area contributed by atoms with E-state index in [0.717, 1.165) is 58.7 Å². The normalized spacial score (nSPS) is 14.9. The molecule has 0 radical (unpaired) electrons. The highest BCUT2D eigenvalue weighted by atomic mass is 16.6. The Labute approximate surface area is 253 Å². The van der Waals surface area contributed by atoms with Crippen LogP contribution in [0.15, 0.2) is 65.9 Å². The number of likely N-dealkylation sites (tertiary alicyclic amines) is 1. The first-order valence-electron chi connectivity index (χ1n) is 14.6. The summed E-state index contributed by atoms with van der Waals surface area (Å²) in [6, 6.07) is 16.0. The lowest BCUT2D eigenvalue weighted by atomic mass is 10.1. The van der Waals surface area contributed by atoms with E-state index in [-0.39, 0.29) is 18.5 Å². The van der Waals surface area contributed by atoms with Crippen LogP contribution in [0.3, 0.4) is 0 Å². The van der Waals surface area contributed by atoms with Gasteiger partial charge in [-0.05, 0) is 75.7 Å². The fourth-order valence-corrected chi connectivity index (χ4v) is 4.78. The molecule has 9 nitrogen and oxygen atoms in total. The SMILES string of the molecule is C=N/C=C(\NCC1CCCN1C(=O)CNC(=O)OC(C)(C)C)c1ccc(C#Cc2ccc(-c3cnc(CC)[nH]3)cc2)cc1. The van der Waals surface area contributed by atoms with Crippen molar-refractivity contribution < 1.29 is 14.3 Å². The summed E-state index contributed by atoms with van der Waals surface area (Å²) >= 11 is 0. The molecular weight excluding hydrogens is 540 g/mol. The molecule has 1 aliphatic heterocycles. The lowest BCUT2D eigenvalue weighted by Crippen LogP contribution is -2.46. The highest BCUT2D eigenvalue weighted by Crippen LogP contribution is 2.20. The molecule has 0 aliphatic carbocycles. The molecule has 0 spiro atoms. The maximum absolute atomic E-state index is 12.8. The van der Waals surface area contributed by atoms with Crippen molar-refractivity contribution in [1.29, 1.82) is 0 Å². The second-order valence-electron chi connectivity index (χ2n) is 11.3. The van der Waals surface area contributed by atoms with Crippen molar-refractivity contribution in [3.63, 3.8) is 0 Å². The zero-order valence-electron chi connectivity index (χ0n) is 25.4. The topological polar surface area (TPSA) is 112 Å². The molecule has 1 unspecified atom stereocenters. The quantitative estimate of drug-likeness (QED) is 0.240. The Morgan fingerprint density at radius 1 is 1.12 bits per heavy atom.